The summed E-state index contributed by atoms with van der Waals surface area (Å²) in [6.07, 6.45) is 3.74. The lowest BCUT2D eigenvalue weighted by atomic mass is 10.1. The van der Waals surface area contributed by atoms with Crippen LogP contribution >= 0.6 is 0 Å². The first-order chi connectivity index (χ1) is 16.1. The summed E-state index contributed by atoms with van der Waals surface area (Å²) >= 11 is 0. The Morgan fingerprint density at radius 1 is 1.12 bits per heavy atom. The van der Waals surface area contributed by atoms with Crippen molar-refractivity contribution >= 4 is 5.91 Å². The van der Waals surface area contributed by atoms with Crippen molar-refractivity contribution in [2.24, 2.45) is 0 Å². The first kappa shape index (κ1) is 22.6. The standard InChI is InChI=1S/C25H29N3O5/c1-4-5-15-32-19-11-8-17(9-12-19)25(29)28-14-6-7-20(28)24-26-23(27-33-24)18-10-13-21(30-2)22(16-18)31-3/h8-13,16,20H,4-7,14-15H2,1-3H3. The van der Waals surface area contributed by atoms with Crippen molar-refractivity contribution in [1.82, 2.24) is 15.0 Å². The number of benzene rings is 2. The summed E-state index contributed by atoms with van der Waals surface area (Å²) in [7, 11) is 3.16. The van der Waals surface area contributed by atoms with E-state index >= 15 is 0 Å². The molecule has 2 aromatic carbocycles. The monoisotopic (exact) mass is 451 g/mol. The van der Waals surface area contributed by atoms with E-state index < -0.39 is 0 Å². The number of methoxy groups -OCH3 is 2. The van der Waals surface area contributed by atoms with Gasteiger partial charge in [0.25, 0.3) is 5.91 Å². The first-order valence-electron chi connectivity index (χ1n) is 11.2. The molecule has 0 spiro atoms. The quantitative estimate of drug-likeness (QED) is 0.427. The molecule has 8 nitrogen and oxygen atoms in total. The topological polar surface area (TPSA) is 86.9 Å². The van der Waals surface area contributed by atoms with Gasteiger partial charge in [-0.1, -0.05) is 18.5 Å². The molecular weight excluding hydrogens is 422 g/mol. The lowest BCUT2D eigenvalue weighted by Crippen LogP contribution is -2.30. The lowest BCUT2D eigenvalue weighted by Gasteiger charge is -2.22. The molecule has 2 heterocycles. The van der Waals surface area contributed by atoms with E-state index in [1.54, 1.807) is 31.3 Å². The molecule has 0 bridgehead atoms. The van der Waals surface area contributed by atoms with Crippen molar-refractivity contribution in [2.75, 3.05) is 27.4 Å². The van der Waals surface area contributed by atoms with Crippen LogP contribution in [0.4, 0.5) is 0 Å². The highest BCUT2D eigenvalue weighted by atomic mass is 16.5. The molecule has 0 N–H and O–H groups in total. The van der Waals surface area contributed by atoms with Gasteiger partial charge in [0.05, 0.1) is 20.8 Å². The molecule has 0 radical (unpaired) electrons. The fourth-order valence-corrected chi connectivity index (χ4v) is 3.92. The summed E-state index contributed by atoms with van der Waals surface area (Å²) in [5, 5.41) is 4.14. The molecule has 33 heavy (non-hydrogen) atoms. The van der Waals surface area contributed by atoms with Gasteiger partial charge in [0.1, 0.15) is 11.8 Å². The van der Waals surface area contributed by atoms with Crippen molar-refractivity contribution in [3.63, 3.8) is 0 Å². The molecule has 174 valence electrons. The minimum atomic E-state index is -0.251. The van der Waals surface area contributed by atoms with Gasteiger partial charge in [-0.05, 0) is 61.7 Å². The summed E-state index contributed by atoms with van der Waals surface area (Å²) in [6.45, 7) is 3.45. The Hall–Kier alpha value is -3.55. The van der Waals surface area contributed by atoms with Crippen molar-refractivity contribution < 1.29 is 23.5 Å². The highest BCUT2D eigenvalue weighted by Crippen LogP contribution is 2.35. The molecule has 4 rings (SSSR count). The molecule has 1 fully saturated rings. The van der Waals surface area contributed by atoms with Crippen LogP contribution in [0, 0.1) is 0 Å². The zero-order chi connectivity index (χ0) is 23.2. The van der Waals surface area contributed by atoms with Crippen molar-refractivity contribution in [1.29, 1.82) is 0 Å². The van der Waals surface area contributed by atoms with E-state index in [1.807, 2.05) is 30.3 Å². The van der Waals surface area contributed by atoms with Gasteiger partial charge in [-0.15, -0.1) is 0 Å². The number of ether oxygens (including phenoxy) is 3. The first-order valence-corrected chi connectivity index (χ1v) is 11.2. The Labute approximate surface area is 193 Å². The number of hydrogen-bond donors (Lipinski definition) is 0. The highest BCUT2D eigenvalue weighted by molar-refractivity contribution is 5.94. The fourth-order valence-electron chi connectivity index (χ4n) is 3.92. The van der Waals surface area contributed by atoms with Gasteiger partial charge in [0, 0.05) is 17.7 Å². The maximum atomic E-state index is 13.2. The van der Waals surface area contributed by atoms with Crippen molar-refractivity contribution in [2.45, 2.75) is 38.6 Å². The normalized spacial score (nSPS) is 15.5. The zero-order valence-corrected chi connectivity index (χ0v) is 19.2. The zero-order valence-electron chi connectivity index (χ0n) is 19.2. The number of amides is 1. The molecule has 3 aromatic rings. The third kappa shape index (κ3) is 4.94. The molecule has 1 unspecified atom stereocenters. The number of aromatic nitrogens is 2. The summed E-state index contributed by atoms with van der Waals surface area (Å²) in [5.41, 5.74) is 1.36. The smallest absolute Gasteiger partial charge is 0.254 e. The maximum absolute atomic E-state index is 13.2. The molecule has 1 aromatic heterocycles. The molecule has 1 aliphatic heterocycles. The number of rotatable bonds is 9. The van der Waals surface area contributed by atoms with E-state index in [2.05, 4.69) is 17.1 Å². The molecule has 1 atom stereocenters. The fraction of sp³-hybridized carbons (Fsp3) is 0.400. The van der Waals surface area contributed by atoms with Crippen LogP contribution < -0.4 is 14.2 Å². The van der Waals surface area contributed by atoms with Gasteiger partial charge in [0.2, 0.25) is 11.7 Å². The predicted molar refractivity (Wildman–Crippen MR) is 123 cm³/mol. The minimum Gasteiger partial charge on any atom is -0.494 e. The second-order valence-corrected chi connectivity index (χ2v) is 7.91. The third-order valence-electron chi connectivity index (χ3n) is 5.75. The van der Waals surface area contributed by atoms with E-state index in [0.29, 0.717) is 41.9 Å². The molecule has 1 amide bonds. The number of unbranched alkanes of at least 4 members (excludes halogenated alkanes) is 1. The van der Waals surface area contributed by atoms with Crippen LogP contribution in [-0.4, -0.2) is 48.3 Å². The molecule has 1 saturated heterocycles. The second kappa shape index (κ2) is 10.4. The van der Waals surface area contributed by atoms with Gasteiger partial charge in [-0.25, -0.2) is 0 Å². The minimum absolute atomic E-state index is 0.0523. The molecular formula is C25H29N3O5. The Kier molecular flexibility index (Phi) is 7.12. The van der Waals surface area contributed by atoms with Crippen LogP contribution in [0.15, 0.2) is 47.0 Å². The van der Waals surface area contributed by atoms with E-state index in [0.717, 1.165) is 37.0 Å². The van der Waals surface area contributed by atoms with Crippen LogP contribution in [0.5, 0.6) is 17.2 Å². The van der Waals surface area contributed by atoms with E-state index in [9.17, 15) is 4.79 Å². The van der Waals surface area contributed by atoms with E-state index in [4.69, 9.17) is 18.7 Å². The number of hydrogen-bond acceptors (Lipinski definition) is 7. The molecule has 1 aliphatic rings. The van der Waals surface area contributed by atoms with Crippen molar-refractivity contribution in [3.05, 3.63) is 53.9 Å². The highest BCUT2D eigenvalue weighted by Gasteiger charge is 2.34. The summed E-state index contributed by atoms with van der Waals surface area (Å²) in [5.74, 6) is 2.81. The predicted octanol–water partition coefficient (Wildman–Crippen LogP) is 4.91. The number of carbonyl (C=O) groups excluding carboxylic acids is 1. The Morgan fingerprint density at radius 2 is 1.91 bits per heavy atom. The number of nitrogens with zero attached hydrogens (tertiary/aromatic N) is 3. The van der Waals surface area contributed by atoms with Gasteiger partial charge in [-0.2, -0.15) is 4.98 Å². The largest absolute Gasteiger partial charge is 0.494 e. The van der Waals surface area contributed by atoms with Crippen molar-refractivity contribution in [3.8, 4) is 28.6 Å². The third-order valence-corrected chi connectivity index (χ3v) is 5.75. The Morgan fingerprint density at radius 3 is 2.64 bits per heavy atom. The Bertz CT molecular complexity index is 1080. The van der Waals surface area contributed by atoms with Gasteiger partial charge in [0.15, 0.2) is 11.5 Å². The van der Waals surface area contributed by atoms with Gasteiger partial charge in [-0.3, -0.25) is 4.79 Å². The molecule has 0 aliphatic carbocycles. The molecule has 0 saturated carbocycles. The van der Waals surface area contributed by atoms with Crippen LogP contribution in [0.1, 0.15) is 54.9 Å². The summed E-state index contributed by atoms with van der Waals surface area (Å²) < 4.78 is 21.9. The molecule has 8 heteroatoms. The number of carbonyl (C=O) groups is 1. The Balaban J connectivity index is 1.49. The SMILES string of the molecule is CCCCOc1ccc(C(=O)N2CCCC2c2nc(-c3ccc(OC)c(OC)c3)no2)cc1. The van der Waals surface area contributed by atoms with Crippen LogP contribution in [0.3, 0.4) is 0 Å². The van der Waals surface area contributed by atoms with E-state index in [1.165, 1.54) is 0 Å². The average Bonchev–Trinajstić information content (AvgIpc) is 3.53. The number of likely N-dealkylation sites (tertiary alicyclic amines) is 1. The maximum Gasteiger partial charge on any atom is 0.254 e. The van der Waals surface area contributed by atoms with Gasteiger partial charge >= 0.3 is 0 Å². The van der Waals surface area contributed by atoms with Crippen LogP contribution in [-0.2, 0) is 0 Å². The van der Waals surface area contributed by atoms with Crippen LogP contribution in [0.2, 0.25) is 0 Å². The summed E-state index contributed by atoms with van der Waals surface area (Å²) in [4.78, 5) is 19.6. The van der Waals surface area contributed by atoms with Gasteiger partial charge < -0.3 is 23.6 Å². The second-order valence-electron chi connectivity index (χ2n) is 7.91. The van der Waals surface area contributed by atoms with Crippen LogP contribution in [0.25, 0.3) is 11.4 Å². The average molecular weight is 452 g/mol. The lowest BCUT2D eigenvalue weighted by molar-refractivity contribution is 0.0710. The van der Waals surface area contributed by atoms with E-state index in [-0.39, 0.29) is 11.9 Å². The summed E-state index contributed by atoms with van der Waals surface area (Å²) in [6, 6.07) is 12.5.